The van der Waals surface area contributed by atoms with Crippen molar-refractivity contribution in [3.63, 3.8) is 0 Å². The molecule has 0 radical (unpaired) electrons. The van der Waals surface area contributed by atoms with E-state index in [9.17, 15) is 18.4 Å². The molecular weight excluding hydrogens is 366 g/mol. The molecule has 0 unspecified atom stereocenters. The molecule has 3 rings (SSSR count). The number of nitrogens with one attached hydrogen (secondary N) is 2. The molecule has 0 aliphatic heterocycles. The number of amides is 2. The van der Waals surface area contributed by atoms with Crippen LogP contribution in [0.5, 0.6) is 5.75 Å². The van der Waals surface area contributed by atoms with Crippen LogP contribution in [0.25, 0.3) is 0 Å². The van der Waals surface area contributed by atoms with Crippen molar-refractivity contribution in [2.45, 2.75) is 0 Å². The Morgan fingerprint density at radius 2 is 1.36 bits per heavy atom. The summed E-state index contributed by atoms with van der Waals surface area (Å²) in [5.74, 6) is -2.50. The Balaban J connectivity index is 1.80. The van der Waals surface area contributed by atoms with Crippen LogP contribution in [-0.2, 0) is 0 Å². The molecule has 0 bridgehead atoms. The third kappa shape index (κ3) is 4.15. The first-order valence-corrected chi connectivity index (χ1v) is 8.29. The van der Waals surface area contributed by atoms with Gasteiger partial charge in [0.2, 0.25) is 0 Å². The van der Waals surface area contributed by atoms with Gasteiger partial charge in [0, 0.05) is 11.1 Å². The summed E-state index contributed by atoms with van der Waals surface area (Å²) in [7, 11) is 1.48. The van der Waals surface area contributed by atoms with E-state index in [1.807, 2.05) is 0 Å². The first-order chi connectivity index (χ1) is 13.5. The van der Waals surface area contributed by atoms with Crippen LogP contribution in [0, 0.1) is 11.6 Å². The predicted octanol–water partition coefficient (Wildman–Crippen LogP) is 4.48. The van der Waals surface area contributed by atoms with E-state index < -0.39 is 29.1 Å². The number of methoxy groups -OCH3 is 1. The van der Waals surface area contributed by atoms with Crippen LogP contribution < -0.4 is 15.4 Å². The second-order valence-electron chi connectivity index (χ2n) is 5.79. The minimum atomic E-state index is -0.890. The third-order valence-electron chi connectivity index (χ3n) is 3.94. The molecule has 2 N–H and O–H groups in total. The van der Waals surface area contributed by atoms with Crippen molar-refractivity contribution in [1.82, 2.24) is 0 Å². The first kappa shape index (κ1) is 19.0. The number of carbonyl (C=O) groups is 2. The fourth-order valence-corrected chi connectivity index (χ4v) is 2.55. The maximum Gasteiger partial charge on any atom is 0.255 e. The number of para-hydroxylation sites is 3. The van der Waals surface area contributed by atoms with Crippen molar-refractivity contribution >= 4 is 23.2 Å². The molecule has 0 atom stereocenters. The van der Waals surface area contributed by atoms with E-state index in [0.717, 1.165) is 12.1 Å². The Hall–Kier alpha value is -3.74. The maximum atomic E-state index is 13.7. The van der Waals surface area contributed by atoms with Crippen LogP contribution >= 0.6 is 0 Å². The zero-order valence-corrected chi connectivity index (χ0v) is 14.8. The van der Waals surface area contributed by atoms with Crippen molar-refractivity contribution in [3.8, 4) is 5.75 Å². The smallest absolute Gasteiger partial charge is 0.255 e. The highest BCUT2D eigenvalue weighted by Crippen LogP contribution is 2.24. The van der Waals surface area contributed by atoms with E-state index in [2.05, 4.69) is 10.6 Å². The quantitative estimate of drug-likeness (QED) is 0.684. The van der Waals surface area contributed by atoms with Gasteiger partial charge >= 0.3 is 0 Å². The van der Waals surface area contributed by atoms with Gasteiger partial charge in [-0.05, 0) is 42.5 Å². The van der Waals surface area contributed by atoms with Crippen LogP contribution in [-0.4, -0.2) is 18.9 Å². The zero-order chi connectivity index (χ0) is 20.1. The van der Waals surface area contributed by atoms with Crippen LogP contribution in [0.4, 0.5) is 20.2 Å². The number of rotatable bonds is 5. The summed E-state index contributed by atoms with van der Waals surface area (Å²) in [5.41, 5.74) is 0.206. The van der Waals surface area contributed by atoms with E-state index in [1.165, 1.54) is 37.4 Å². The Kier molecular flexibility index (Phi) is 5.64. The molecule has 0 heterocycles. The summed E-state index contributed by atoms with van der Waals surface area (Å²) >= 11 is 0. The number of hydrogen-bond donors (Lipinski definition) is 2. The fourth-order valence-electron chi connectivity index (χ4n) is 2.55. The van der Waals surface area contributed by atoms with Crippen LogP contribution in [0.3, 0.4) is 0 Å². The van der Waals surface area contributed by atoms with Crippen molar-refractivity contribution in [2.75, 3.05) is 17.7 Å². The van der Waals surface area contributed by atoms with Gasteiger partial charge in [-0.25, -0.2) is 8.78 Å². The average molecular weight is 382 g/mol. The second-order valence-corrected chi connectivity index (χ2v) is 5.79. The van der Waals surface area contributed by atoms with Crippen LogP contribution in [0.2, 0.25) is 0 Å². The Labute approximate surface area is 160 Å². The molecule has 7 heteroatoms. The summed E-state index contributed by atoms with van der Waals surface area (Å²) in [6, 6.07) is 15.9. The Morgan fingerprint density at radius 3 is 2.00 bits per heavy atom. The average Bonchev–Trinajstić information content (AvgIpc) is 2.71. The predicted molar refractivity (Wildman–Crippen MR) is 102 cm³/mol. The molecule has 142 valence electrons. The van der Waals surface area contributed by atoms with Gasteiger partial charge in [0.05, 0.1) is 12.8 Å². The number of carbonyl (C=O) groups excluding carboxylic acids is 2. The van der Waals surface area contributed by atoms with Gasteiger partial charge in [0.15, 0.2) is 0 Å². The van der Waals surface area contributed by atoms with Crippen LogP contribution in [0.1, 0.15) is 20.7 Å². The van der Waals surface area contributed by atoms with E-state index in [-0.39, 0.29) is 11.1 Å². The minimum Gasteiger partial charge on any atom is -0.495 e. The summed E-state index contributed by atoms with van der Waals surface area (Å²) in [6.45, 7) is 0. The number of ether oxygens (including phenoxy) is 1. The van der Waals surface area contributed by atoms with Gasteiger partial charge in [0.25, 0.3) is 11.8 Å². The third-order valence-corrected chi connectivity index (χ3v) is 3.94. The van der Waals surface area contributed by atoms with Gasteiger partial charge in [0.1, 0.15) is 23.1 Å². The highest BCUT2D eigenvalue weighted by molar-refractivity contribution is 6.09. The van der Waals surface area contributed by atoms with E-state index in [0.29, 0.717) is 11.4 Å². The number of halogens is 2. The van der Waals surface area contributed by atoms with Gasteiger partial charge in [-0.15, -0.1) is 0 Å². The molecule has 0 aliphatic rings. The van der Waals surface area contributed by atoms with Crippen LogP contribution in [0.15, 0.2) is 66.7 Å². The maximum absolute atomic E-state index is 13.7. The number of hydrogen-bond acceptors (Lipinski definition) is 3. The highest BCUT2D eigenvalue weighted by atomic mass is 19.1. The largest absolute Gasteiger partial charge is 0.495 e. The highest BCUT2D eigenvalue weighted by Gasteiger charge is 2.15. The molecule has 3 aromatic rings. The molecular formula is C21H16F2N2O3. The van der Waals surface area contributed by atoms with Crippen molar-refractivity contribution < 1.29 is 23.1 Å². The van der Waals surface area contributed by atoms with E-state index in [4.69, 9.17) is 4.74 Å². The van der Waals surface area contributed by atoms with Gasteiger partial charge in [-0.3, -0.25) is 9.59 Å². The Morgan fingerprint density at radius 1 is 0.786 bits per heavy atom. The summed E-state index contributed by atoms with van der Waals surface area (Å²) in [4.78, 5) is 24.9. The molecule has 0 aromatic heterocycles. The Bertz CT molecular complexity index is 1020. The minimum absolute atomic E-state index is 0.0790. The topological polar surface area (TPSA) is 67.4 Å². The van der Waals surface area contributed by atoms with Crippen molar-refractivity contribution in [1.29, 1.82) is 0 Å². The number of anilines is 2. The van der Waals surface area contributed by atoms with E-state index in [1.54, 1.807) is 24.3 Å². The molecule has 28 heavy (non-hydrogen) atoms. The zero-order valence-electron chi connectivity index (χ0n) is 14.8. The molecule has 3 aromatic carbocycles. The molecule has 0 fully saturated rings. The molecule has 5 nitrogen and oxygen atoms in total. The summed E-state index contributed by atoms with van der Waals surface area (Å²) in [5, 5.41) is 4.88. The molecule has 0 saturated carbocycles. The number of benzene rings is 3. The lowest BCUT2D eigenvalue weighted by Crippen LogP contribution is -2.17. The lowest BCUT2D eigenvalue weighted by atomic mass is 10.1. The van der Waals surface area contributed by atoms with Gasteiger partial charge in [-0.2, -0.15) is 0 Å². The van der Waals surface area contributed by atoms with Crippen molar-refractivity contribution in [2.24, 2.45) is 0 Å². The monoisotopic (exact) mass is 382 g/mol. The molecule has 2 amide bonds. The normalized spacial score (nSPS) is 10.2. The first-order valence-electron chi connectivity index (χ1n) is 8.29. The molecule has 0 spiro atoms. The molecule has 0 saturated heterocycles. The standard InChI is InChI=1S/C21H16F2N2O3/c1-28-18-11-3-2-10-17(18)24-20(26)13-6-4-7-14(12-13)21(27)25-19-15(22)8-5-9-16(19)23/h2-12H,1H3,(H,24,26)(H,25,27). The summed E-state index contributed by atoms with van der Waals surface area (Å²) in [6.07, 6.45) is 0. The van der Waals surface area contributed by atoms with Crippen molar-refractivity contribution in [3.05, 3.63) is 89.5 Å². The lowest BCUT2D eigenvalue weighted by Gasteiger charge is -2.11. The fraction of sp³-hybridized carbons (Fsp3) is 0.0476. The molecule has 0 aliphatic carbocycles. The summed E-state index contributed by atoms with van der Waals surface area (Å²) < 4.78 is 32.6. The van der Waals surface area contributed by atoms with Gasteiger partial charge in [-0.1, -0.05) is 24.3 Å². The van der Waals surface area contributed by atoms with Gasteiger partial charge < -0.3 is 15.4 Å². The SMILES string of the molecule is COc1ccccc1NC(=O)c1cccc(C(=O)Nc2c(F)cccc2F)c1. The lowest BCUT2D eigenvalue weighted by molar-refractivity contribution is 0.102. The van der Waals surface area contributed by atoms with E-state index >= 15 is 0 Å². The second kappa shape index (κ2) is 8.30.